The van der Waals surface area contributed by atoms with Crippen molar-refractivity contribution in [3.63, 3.8) is 0 Å². The molecule has 1 saturated heterocycles. The molecule has 1 aliphatic rings. The van der Waals surface area contributed by atoms with Crippen LogP contribution in [0.5, 0.6) is 0 Å². The van der Waals surface area contributed by atoms with Gasteiger partial charge >= 0.3 is 11.9 Å². The number of aliphatic hydroxyl groups is 1. The minimum atomic E-state index is -1.49. The zero-order valence-corrected chi connectivity index (χ0v) is 4.98. The Morgan fingerprint density at radius 1 is 1.70 bits per heavy atom. The number of rotatable bonds is 1. The number of cyclic esters (lactones) is 1. The predicted molar refractivity (Wildman–Crippen MR) is 28.1 cm³/mol. The van der Waals surface area contributed by atoms with E-state index in [0.717, 1.165) is 0 Å². The van der Waals surface area contributed by atoms with Crippen LogP contribution in [0.4, 0.5) is 0 Å². The Morgan fingerprint density at radius 2 is 2.30 bits per heavy atom. The molecule has 0 radical (unpaired) electrons. The molecule has 1 fully saturated rings. The van der Waals surface area contributed by atoms with Gasteiger partial charge in [-0.25, -0.2) is 4.79 Å². The number of carboxylic acids is 1. The van der Waals surface area contributed by atoms with Crippen molar-refractivity contribution in [1.29, 1.82) is 0 Å². The van der Waals surface area contributed by atoms with Crippen molar-refractivity contribution in [3.05, 3.63) is 0 Å². The minimum absolute atomic E-state index is 0.227. The molecule has 0 aliphatic carbocycles. The van der Waals surface area contributed by atoms with Gasteiger partial charge in [-0.1, -0.05) is 0 Å². The first kappa shape index (κ1) is 7.01. The van der Waals surface area contributed by atoms with E-state index < -0.39 is 24.0 Å². The lowest BCUT2D eigenvalue weighted by molar-refractivity contribution is -0.148. The number of hydrogen-bond donors (Lipinski definition) is 2. The Hall–Kier alpha value is -1.10. The molecule has 2 unspecified atom stereocenters. The van der Waals surface area contributed by atoms with E-state index in [2.05, 4.69) is 4.74 Å². The van der Waals surface area contributed by atoms with Crippen molar-refractivity contribution in [3.8, 4) is 0 Å². The van der Waals surface area contributed by atoms with Crippen molar-refractivity contribution in [1.82, 2.24) is 0 Å². The maximum absolute atomic E-state index is 10.4. The summed E-state index contributed by atoms with van der Waals surface area (Å²) in [6.07, 6.45) is -1.49. The topological polar surface area (TPSA) is 83.8 Å². The molecule has 0 spiro atoms. The lowest BCUT2D eigenvalue weighted by Gasteiger charge is -2.00. The van der Waals surface area contributed by atoms with Gasteiger partial charge in [-0.2, -0.15) is 0 Å². The van der Waals surface area contributed by atoms with E-state index in [4.69, 9.17) is 10.2 Å². The van der Waals surface area contributed by atoms with Crippen LogP contribution in [0.25, 0.3) is 0 Å². The molecule has 1 rings (SSSR count). The van der Waals surface area contributed by atoms with Gasteiger partial charge in [0.2, 0.25) is 0 Å². The molecule has 1 heterocycles. The molecule has 0 saturated carbocycles. The predicted octanol–water partition coefficient (Wildman–Crippen LogP) is -1.40. The van der Waals surface area contributed by atoms with Crippen molar-refractivity contribution in [2.75, 3.05) is 6.61 Å². The molecule has 2 atom stereocenters. The molecule has 56 valence electrons. The number of carboxylic acid groups (broad SMARTS) is 1. The Kier molecular flexibility index (Phi) is 1.58. The van der Waals surface area contributed by atoms with Crippen molar-refractivity contribution < 1.29 is 24.5 Å². The first-order valence-electron chi connectivity index (χ1n) is 2.70. The number of hydrogen-bond acceptors (Lipinski definition) is 4. The van der Waals surface area contributed by atoms with Gasteiger partial charge < -0.3 is 14.9 Å². The summed E-state index contributed by atoms with van der Waals surface area (Å²) in [5, 5.41) is 17.1. The van der Waals surface area contributed by atoms with Crippen LogP contribution in [0.3, 0.4) is 0 Å². The van der Waals surface area contributed by atoms with Crippen molar-refractivity contribution in [2.45, 2.75) is 6.10 Å². The summed E-state index contributed by atoms with van der Waals surface area (Å²) in [7, 11) is 0. The summed E-state index contributed by atoms with van der Waals surface area (Å²) in [6, 6.07) is 0. The Balaban J connectivity index is 2.66. The first-order chi connectivity index (χ1) is 4.63. The van der Waals surface area contributed by atoms with E-state index in [1.54, 1.807) is 0 Å². The normalized spacial score (nSPS) is 31.9. The second kappa shape index (κ2) is 2.26. The van der Waals surface area contributed by atoms with Crippen LogP contribution < -0.4 is 0 Å². The zero-order valence-electron chi connectivity index (χ0n) is 4.98. The fraction of sp³-hybridized carbons (Fsp3) is 0.600. The van der Waals surface area contributed by atoms with Crippen LogP contribution in [-0.4, -0.2) is 34.9 Å². The Labute approximate surface area is 56.2 Å². The van der Waals surface area contributed by atoms with Crippen molar-refractivity contribution in [2.24, 2.45) is 5.92 Å². The second-order valence-electron chi connectivity index (χ2n) is 2.02. The summed E-state index contributed by atoms with van der Waals surface area (Å²) in [4.78, 5) is 20.5. The van der Waals surface area contributed by atoms with E-state index >= 15 is 0 Å². The highest BCUT2D eigenvalue weighted by atomic mass is 16.6. The monoisotopic (exact) mass is 146 g/mol. The third-order valence-corrected chi connectivity index (χ3v) is 1.34. The number of carbonyl (C=O) groups excluding carboxylic acids is 1. The van der Waals surface area contributed by atoms with E-state index in [1.807, 2.05) is 0 Å². The molecule has 0 amide bonds. The molecule has 0 aromatic carbocycles. The minimum Gasteiger partial charge on any atom is -0.481 e. The van der Waals surface area contributed by atoms with Crippen LogP contribution in [0.2, 0.25) is 0 Å². The molecule has 5 nitrogen and oxygen atoms in total. The second-order valence-corrected chi connectivity index (χ2v) is 2.02. The van der Waals surface area contributed by atoms with Gasteiger partial charge in [-0.05, 0) is 0 Å². The van der Waals surface area contributed by atoms with Gasteiger partial charge in [0, 0.05) is 0 Å². The first-order valence-corrected chi connectivity index (χ1v) is 2.70. The average Bonchev–Trinajstić information content (AvgIpc) is 2.14. The number of aliphatic hydroxyl groups excluding tert-OH is 1. The van der Waals surface area contributed by atoms with E-state index in [-0.39, 0.29) is 6.61 Å². The largest absolute Gasteiger partial charge is 0.481 e. The van der Waals surface area contributed by atoms with Gasteiger partial charge in [-0.15, -0.1) is 0 Å². The number of carbonyl (C=O) groups is 2. The summed E-state index contributed by atoms with van der Waals surface area (Å²) < 4.78 is 4.27. The van der Waals surface area contributed by atoms with Gasteiger partial charge in [0.15, 0.2) is 6.10 Å². The Morgan fingerprint density at radius 3 is 2.50 bits per heavy atom. The molecular weight excluding hydrogens is 140 g/mol. The third-order valence-electron chi connectivity index (χ3n) is 1.34. The highest BCUT2D eigenvalue weighted by molar-refractivity contribution is 5.85. The number of aliphatic carboxylic acids is 1. The standard InChI is InChI=1S/C5H6O5/c6-3-2(4(7)8)1-10-5(3)9/h2-3,6H,1H2,(H,7,8). The van der Waals surface area contributed by atoms with Gasteiger partial charge in [-0.3, -0.25) is 4.79 Å². The lowest BCUT2D eigenvalue weighted by atomic mass is 10.1. The van der Waals surface area contributed by atoms with E-state index in [1.165, 1.54) is 0 Å². The van der Waals surface area contributed by atoms with E-state index in [9.17, 15) is 9.59 Å². The van der Waals surface area contributed by atoms with Crippen LogP contribution in [-0.2, 0) is 14.3 Å². The number of esters is 1. The highest BCUT2D eigenvalue weighted by Crippen LogP contribution is 2.14. The van der Waals surface area contributed by atoms with Crippen LogP contribution in [0, 0.1) is 5.92 Å². The van der Waals surface area contributed by atoms with Crippen molar-refractivity contribution >= 4 is 11.9 Å². The molecule has 1 aliphatic heterocycles. The average molecular weight is 146 g/mol. The summed E-state index contributed by atoms with van der Waals surface area (Å²) >= 11 is 0. The smallest absolute Gasteiger partial charge is 0.336 e. The molecule has 0 aromatic heterocycles. The van der Waals surface area contributed by atoms with E-state index in [0.29, 0.717) is 0 Å². The Bertz CT molecular complexity index is 175. The highest BCUT2D eigenvalue weighted by Gasteiger charge is 2.40. The maximum atomic E-state index is 10.4. The van der Waals surface area contributed by atoms with Crippen LogP contribution in [0.15, 0.2) is 0 Å². The molecule has 0 bridgehead atoms. The zero-order chi connectivity index (χ0) is 7.72. The fourth-order valence-electron chi connectivity index (χ4n) is 0.719. The summed E-state index contributed by atoms with van der Waals surface area (Å²) in [5.41, 5.74) is 0. The molecular formula is C5H6O5. The summed E-state index contributed by atoms with van der Waals surface area (Å²) in [6.45, 7) is -0.227. The SMILES string of the molecule is O=C1OCC(C(=O)O)C1O. The quantitative estimate of drug-likeness (QED) is 0.445. The molecule has 0 aromatic rings. The molecule has 10 heavy (non-hydrogen) atoms. The van der Waals surface area contributed by atoms with Gasteiger partial charge in [0.25, 0.3) is 0 Å². The fourth-order valence-corrected chi connectivity index (χ4v) is 0.719. The summed E-state index contributed by atoms with van der Waals surface area (Å²) in [5.74, 6) is -3.15. The van der Waals surface area contributed by atoms with Gasteiger partial charge in [0.05, 0.1) is 0 Å². The molecule has 2 N–H and O–H groups in total. The van der Waals surface area contributed by atoms with Crippen LogP contribution >= 0.6 is 0 Å². The van der Waals surface area contributed by atoms with Gasteiger partial charge in [0.1, 0.15) is 12.5 Å². The maximum Gasteiger partial charge on any atom is 0.336 e. The lowest BCUT2D eigenvalue weighted by Crippen LogP contribution is -2.28. The number of ether oxygens (including phenoxy) is 1. The third kappa shape index (κ3) is 0.950. The molecule has 5 heteroatoms. The van der Waals surface area contributed by atoms with Crippen LogP contribution in [0.1, 0.15) is 0 Å².